The van der Waals surface area contributed by atoms with Crippen LogP contribution in [0.5, 0.6) is 0 Å². The van der Waals surface area contributed by atoms with E-state index < -0.39 is 11.9 Å². The number of rotatable bonds is 12. The van der Waals surface area contributed by atoms with Gasteiger partial charge in [0.2, 0.25) is 0 Å². The fourth-order valence-electron chi connectivity index (χ4n) is 3.88. The van der Waals surface area contributed by atoms with Crippen molar-refractivity contribution >= 4 is 23.4 Å². The van der Waals surface area contributed by atoms with Crippen LogP contribution in [0.4, 0.5) is 0 Å². The zero-order valence-corrected chi connectivity index (χ0v) is 20.0. The van der Waals surface area contributed by atoms with Gasteiger partial charge in [-0.1, -0.05) is 73.8 Å². The number of hydrogen-bond donors (Lipinski definition) is 1. The number of carbonyl (C=O) groups is 2. The Labute approximate surface area is 204 Å². The summed E-state index contributed by atoms with van der Waals surface area (Å²) in [6.07, 6.45) is 3.50. The molecule has 0 aliphatic rings. The molecular weight excluding hydrogens is 452 g/mol. The number of carboxylic acid groups (broad SMARTS) is 1. The highest BCUT2D eigenvalue weighted by Gasteiger charge is 2.23. The van der Waals surface area contributed by atoms with Crippen LogP contribution in [0.2, 0.25) is 5.02 Å². The highest BCUT2D eigenvalue weighted by molar-refractivity contribution is 6.30. The summed E-state index contributed by atoms with van der Waals surface area (Å²) in [5.41, 5.74) is 1.83. The van der Waals surface area contributed by atoms with Gasteiger partial charge in [0.25, 0.3) is 5.56 Å². The number of hydrogen-bond acceptors (Lipinski definition) is 4. The van der Waals surface area contributed by atoms with E-state index in [1.54, 1.807) is 24.3 Å². The third kappa shape index (κ3) is 7.12. The second-order valence-corrected chi connectivity index (χ2v) is 8.85. The number of aromatic nitrogens is 2. The van der Waals surface area contributed by atoms with Crippen molar-refractivity contribution in [3.05, 3.63) is 87.4 Å². The van der Waals surface area contributed by atoms with E-state index in [1.807, 2.05) is 30.3 Å². The van der Waals surface area contributed by atoms with Crippen LogP contribution in [0, 0.1) is 5.92 Å². The zero-order chi connectivity index (χ0) is 24.5. The summed E-state index contributed by atoms with van der Waals surface area (Å²) in [4.78, 5) is 42.4. The molecule has 0 aliphatic carbocycles. The average molecular weight is 481 g/mol. The molecule has 0 amide bonds. The molecule has 0 radical (unpaired) electrons. The molecule has 0 spiro atoms. The van der Waals surface area contributed by atoms with Crippen molar-refractivity contribution in [2.45, 2.75) is 52.0 Å². The third-order valence-corrected chi connectivity index (χ3v) is 5.97. The molecule has 0 aliphatic heterocycles. The van der Waals surface area contributed by atoms with Crippen LogP contribution in [0.3, 0.4) is 0 Å². The van der Waals surface area contributed by atoms with Crippen LogP contribution in [0.15, 0.2) is 65.5 Å². The lowest BCUT2D eigenvalue weighted by molar-refractivity contribution is -0.143. The Morgan fingerprint density at radius 3 is 2.41 bits per heavy atom. The van der Waals surface area contributed by atoms with Crippen LogP contribution < -0.4 is 5.56 Å². The van der Waals surface area contributed by atoms with Crippen LogP contribution in [-0.4, -0.2) is 26.4 Å². The quantitative estimate of drug-likeness (QED) is 0.360. The lowest BCUT2D eigenvalue weighted by Gasteiger charge is -2.15. The number of benzene rings is 2. The Hall–Kier alpha value is -3.25. The van der Waals surface area contributed by atoms with E-state index in [2.05, 4.69) is 6.92 Å². The number of ketones is 1. The number of carboxylic acids is 1. The second kappa shape index (κ2) is 12.3. The molecule has 1 unspecified atom stereocenters. The maximum absolute atomic E-state index is 13.0. The van der Waals surface area contributed by atoms with E-state index in [0.717, 1.165) is 30.4 Å². The molecule has 3 aromatic rings. The van der Waals surface area contributed by atoms with Crippen molar-refractivity contribution in [1.29, 1.82) is 0 Å². The Balaban J connectivity index is 1.83. The largest absolute Gasteiger partial charge is 0.481 e. The molecule has 0 fully saturated rings. The molecule has 3 rings (SSSR count). The Morgan fingerprint density at radius 2 is 1.76 bits per heavy atom. The van der Waals surface area contributed by atoms with Gasteiger partial charge >= 0.3 is 5.97 Å². The Morgan fingerprint density at radius 1 is 1.06 bits per heavy atom. The highest BCUT2D eigenvalue weighted by atomic mass is 35.5. The molecule has 0 bridgehead atoms. The minimum Gasteiger partial charge on any atom is -0.481 e. The minimum atomic E-state index is -1.02. The van der Waals surface area contributed by atoms with Gasteiger partial charge in [-0.25, -0.2) is 4.98 Å². The number of aliphatic carboxylic acids is 1. The number of unbranched alkanes of at least 4 members (excludes halogenated alkanes) is 2. The number of nitrogens with zero attached hydrogens (tertiary/aromatic N) is 2. The standard InChI is InChI=1S/C27H29ClN2O4/c1-2-3-5-10-25-29-24(20-11-13-22(28)14-12-20)17-26(32)30(25)18-23(31)16-21(27(33)34)15-19-8-6-4-7-9-19/h4,6-9,11-14,17,21H,2-3,5,10,15-16,18H2,1H3,(H,33,34). The lowest BCUT2D eigenvalue weighted by Crippen LogP contribution is -2.30. The van der Waals surface area contributed by atoms with E-state index in [0.29, 0.717) is 23.0 Å². The topological polar surface area (TPSA) is 89.3 Å². The van der Waals surface area contributed by atoms with Crippen molar-refractivity contribution in [3.8, 4) is 11.3 Å². The van der Waals surface area contributed by atoms with Crippen molar-refractivity contribution in [1.82, 2.24) is 9.55 Å². The van der Waals surface area contributed by atoms with Gasteiger partial charge in [-0.05, 0) is 30.5 Å². The number of halogens is 1. The maximum Gasteiger partial charge on any atom is 0.307 e. The molecule has 1 atom stereocenters. The minimum absolute atomic E-state index is 0.149. The van der Waals surface area contributed by atoms with Crippen LogP contribution in [0.1, 0.15) is 44.0 Å². The monoisotopic (exact) mass is 480 g/mol. The Kier molecular flexibility index (Phi) is 9.16. The summed E-state index contributed by atoms with van der Waals surface area (Å²) in [5, 5.41) is 10.2. The molecule has 0 saturated carbocycles. The molecule has 7 heteroatoms. The highest BCUT2D eigenvalue weighted by Crippen LogP contribution is 2.20. The van der Waals surface area contributed by atoms with E-state index in [-0.39, 0.29) is 30.7 Å². The first kappa shape index (κ1) is 25.4. The van der Waals surface area contributed by atoms with E-state index in [1.165, 1.54) is 10.6 Å². The number of carbonyl (C=O) groups excluding carboxylic acids is 1. The SMILES string of the molecule is CCCCCc1nc(-c2ccc(Cl)cc2)cc(=O)n1CC(=O)CC(Cc1ccccc1)C(=O)O. The summed E-state index contributed by atoms with van der Waals surface area (Å²) >= 11 is 5.98. The molecule has 1 aromatic heterocycles. The Bertz CT molecular complexity index is 1170. The number of Topliss-reactive ketones (excluding diaryl/α,β-unsaturated/α-hetero) is 1. The first-order valence-corrected chi connectivity index (χ1v) is 11.9. The van der Waals surface area contributed by atoms with Gasteiger partial charge in [0.15, 0.2) is 5.78 Å². The molecule has 6 nitrogen and oxygen atoms in total. The summed E-state index contributed by atoms with van der Waals surface area (Å²) in [6, 6.07) is 17.7. The molecule has 34 heavy (non-hydrogen) atoms. The van der Waals surface area contributed by atoms with Crippen LogP contribution >= 0.6 is 11.6 Å². The van der Waals surface area contributed by atoms with Crippen molar-refractivity contribution in [3.63, 3.8) is 0 Å². The van der Waals surface area contributed by atoms with Gasteiger partial charge < -0.3 is 5.11 Å². The predicted molar refractivity (Wildman–Crippen MR) is 133 cm³/mol. The summed E-state index contributed by atoms with van der Waals surface area (Å²) < 4.78 is 1.39. The molecule has 2 aromatic carbocycles. The van der Waals surface area contributed by atoms with Gasteiger partial charge in [-0.15, -0.1) is 0 Å². The summed E-state index contributed by atoms with van der Waals surface area (Å²) in [7, 11) is 0. The first-order chi connectivity index (χ1) is 16.4. The van der Waals surface area contributed by atoms with Crippen molar-refractivity contribution < 1.29 is 14.7 Å². The normalized spacial score (nSPS) is 11.8. The second-order valence-electron chi connectivity index (χ2n) is 8.41. The smallest absolute Gasteiger partial charge is 0.307 e. The summed E-state index contributed by atoms with van der Waals surface area (Å²) in [5.74, 6) is -1.64. The van der Waals surface area contributed by atoms with Gasteiger partial charge in [0, 0.05) is 29.5 Å². The first-order valence-electron chi connectivity index (χ1n) is 11.5. The van der Waals surface area contributed by atoms with E-state index in [4.69, 9.17) is 16.6 Å². The molecular formula is C27H29ClN2O4. The summed E-state index contributed by atoms with van der Waals surface area (Å²) in [6.45, 7) is 1.90. The van der Waals surface area contributed by atoms with E-state index >= 15 is 0 Å². The third-order valence-electron chi connectivity index (χ3n) is 5.71. The van der Waals surface area contributed by atoms with Gasteiger partial charge in [-0.2, -0.15) is 0 Å². The predicted octanol–water partition coefficient (Wildman–Crippen LogP) is 5.20. The maximum atomic E-state index is 13.0. The molecule has 178 valence electrons. The van der Waals surface area contributed by atoms with Gasteiger partial charge in [0.1, 0.15) is 5.82 Å². The fourth-order valence-corrected chi connectivity index (χ4v) is 4.00. The molecule has 1 heterocycles. The molecule has 1 N–H and O–H groups in total. The van der Waals surface area contributed by atoms with Crippen LogP contribution in [0.25, 0.3) is 11.3 Å². The van der Waals surface area contributed by atoms with Crippen LogP contribution in [-0.2, 0) is 29.0 Å². The average Bonchev–Trinajstić information content (AvgIpc) is 2.81. The number of aryl methyl sites for hydroxylation is 1. The van der Waals surface area contributed by atoms with E-state index in [9.17, 15) is 19.5 Å². The lowest BCUT2D eigenvalue weighted by atomic mass is 9.94. The molecule has 0 saturated heterocycles. The van der Waals surface area contributed by atoms with Crippen molar-refractivity contribution in [2.75, 3.05) is 0 Å². The van der Waals surface area contributed by atoms with Crippen molar-refractivity contribution in [2.24, 2.45) is 5.92 Å². The zero-order valence-electron chi connectivity index (χ0n) is 19.2. The van der Waals surface area contributed by atoms with Gasteiger partial charge in [-0.3, -0.25) is 19.0 Å². The van der Waals surface area contributed by atoms with Gasteiger partial charge in [0.05, 0.1) is 18.2 Å². The fraction of sp³-hybridized carbons (Fsp3) is 0.333.